The van der Waals surface area contributed by atoms with Crippen LogP contribution in [0.1, 0.15) is 6.92 Å². The van der Waals surface area contributed by atoms with Crippen LogP contribution in [0, 0.1) is 5.82 Å². The van der Waals surface area contributed by atoms with Gasteiger partial charge in [0.25, 0.3) is 0 Å². The van der Waals surface area contributed by atoms with Crippen molar-refractivity contribution in [2.75, 3.05) is 49.5 Å². The molecule has 6 nitrogen and oxygen atoms in total. The molecule has 1 aliphatic heterocycles. The molecule has 1 heterocycles. The number of rotatable bonds is 5. The topological polar surface area (TPSA) is 60.0 Å². The van der Waals surface area contributed by atoms with Gasteiger partial charge in [0.15, 0.2) is 5.96 Å². The molecule has 0 spiro atoms. The molecule has 7 heteroatoms. The van der Waals surface area contributed by atoms with Gasteiger partial charge in [0.2, 0.25) is 5.91 Å². The van der Waals surface area contributed by atoms with Crippen LogP contribution in [0.25, 0.3) is 0 Å². The molecule has 3 rings (SSSR count). The van der Waals surface area contributed by atoms with Crippen LogP contribution in [0.5, 0.6) is 0 Å². The van der Waals surface area contributed by atoms with Crippen molar-refractivity contribution in [3.8, 4) is 0 Å². The summed E-state index contributed by atoms with van der Waals surface area (Å²) in [5.74, 6) is 0.369. The number of carbonyl (C=O) groups excluding carboxylic acids is 1. The summed E-state index contributed by atoms with van der Waals surface area (Å²) in [6.07, 6.45) is 0. The first kappa shape index (κ1) is 19.7. The second-order valence-corrected chi connectivity index (χ2v) is 6.53. The highest BCUT2D eigenvalue weighted by Gasteiger charge is 2.20. The van der Waals surface area contributed by atoms with Gasteiger partial charge in [-0.05, 0) is 43.3 Å². The molecule has 0 atom stereocenters. The molecule has 148 valence electrons. The minimum absolute atomic E-state index is 0.0649. The van der Waals surface area contributed by atoms with Crippen molar-refractivity contribution in [3.63, 3.8) is 0 Å². The molecule has 0 bridgehead atoms. The smallest absolute Gasteiger partial charge is 0.246 e. The van der Waals surface area contributed by atoms with Crippen LogP contribution in [-0.4, -0.2) is 56.0 Å². The molecule has 0 aliphatic carbocycles. The molecular weight excluding hydrogens is 357 g/mol. The van der Waals surface area contributed by atoms with Gasteiger partial charge in [-0.1, -0.05) is 18.2 Å². The van der Waals surface area contributed by atoms with Gasteiger partial charge in [-0.3, -0.25) is 4.79 Å². The van der Waals surface area contributed by atoms with E-state index in [1.165, 1.54) is 12.1 Å². The fourth-order valence-corrected chi connectivity index (χ4v) is 3.12. The Morgan fingerprint density at radius 3 is 2.36 bits per heavy atom. The monoisotopic (exact) mass is 383 g/mol. The second-order valence-electron chi connectivity index (χ2n) is 6.53. The molecule has 2 aromatic carbocycles. The lowest BCUT2D eigenvalue weighted by atomic mass is 10.2. The number of carbonyl (C=O) groups is 1. The van der Waals surface area contributed by atoms with E-state index in [-0.39, 0.29) is 18.3 Å². The highest BCUT2D eigenvalue weighted by atomic mass is 19.1. The number of anilines is 2. The van der Waals surface area contributed by atoms with E-state index in [0.29, 0.717) is 0 Å². The molecule has 1 saturated heterocycles. The largest absolute Gasteiger partial charge is 0.368 e. The predicted molar refractivity (Wildman–Crippen MR) is 111 cm³/mol. The van der Waals surface area contributed by atoms with Gasteiger partial charge < -0.3 is 20.4 Å². The molecule has 0 aromatic heterocycles. The van der Waals surface area contributed by atoms with E-state index in [4.69, 9.17) is 0 Å². The highest BCUT2D eigenvalue weighted by molar-refractivity contribution is 5.94. The maximum Gasteiger partial charge on any atom is 0.246 e. The van der Waals surface area contributed by atoms with Gasteiger partial charge in [-0.2, -0.15) is 0 Å². The number of piperazine rings is 1. The fraction of sp³-hybridized carbons (Fsp3) is 0.333. The molecule has 0 radical (unpaired) electrons. The molecule has 0 unspecified atom stereocenters. The Balaban J connectivity index is 1.55. The van der Waals surface area contributed by atoms with Crippen molar-refractivity contribution >= 4 is 23.2 Å². The molecular formula is C21H26FN5O. The van der Waals surface area contributed by atoms with Crippen LogP contribution in [0.2, 0.25) is 0 Å². The third-order valence-electron chi connectivity index (χ3n) is 4.54. The molecule has 2 N–H and O–H groups in total. The Kier molecular flexibility index (Phi) is 6.84. The summed E-state index contributed by atoms with van der Waals surface area (Å²) in [5, 5.41) is 6.11. The van der Waals surface area contributed by atoms with Gasteiger partial charge in [-0.15, -0.1) is 0 Å². The third kappa shape index (κ3) is 5.45. The zero-order valence-corrected chi connectivity index (χ0v) is 16.1. The number of amides is 1. The number of nitrogens with one attached hydrogen (secondary N) is 2. The summed E-state index contributed by atoms with van der Waals surface area (Å²) in [4.78, 5) is 21.0. The molecule has 28 heavy (non-hydrogen) atoms. The van der Waals surface area contributed by atoms with Crippen LogP contribution in [0.4, 0.5) is 15.8 Å². The van der Waals surface area contributed by atoms with Gasteiger partial charge >= 0.3 is 0 Å². The lowest BCUT2D eigenvalue weighted by Crippen LogP contribution is -2.52. The average Bonchev–Trinajstić information content (AvgIpc) is 2.73. The Hall–Kier alpha value is -3.09. The number of hydrogen-bond acceptors (Lipinski definition) is 3. The SMILES string of the molecule is CCNC(=NCC(=O)Nc1ccccc1)N1CCN(c2ccc(F)cc2)CC1. The number of para-hydroxylation sites is 1. The molecule has 2 aromatic rings. The zero-order valence-electron chi connectivity index (χ0n) is 16.1. The quantitative estimate of drug-likeness (QED) is 0.615. The normalized spacial score (nSPS) is 14.7. The van der Waals surface area contributed by atoms with E-state index in [1.807, 2.05) is 37.3 Å². The van der Waals surface area contributed by atoms with E-state index >= 15 is 0 Å². The van der Waals surface area contributed by atoms with Crippen LogP contribution in [0.3, 0.4) is 0 Å². The molecule has 1 fully saturated rings. The van der Waals surface area contributed by atoms with Gasteiger partial charge in [0, 0.05) is 44.1 Å². The molecule has 1 aliphatic rings. The van der Waals surface area contributed by atoms with Crippen LogP contribution in [0.15, 0.2) is 59.6 Å². The van der Waals surface area contributed by atoms with Gasteiger partial charge in [0.1, 0.15) is 12.4 Å². The van der Waals surface area contributed by atoms with Gasteiger partial charge in [-0.25, -0.2) is 9.38 Å². The summed E-state index contributed by atoms with van der Waals surface area (Å²) < 4.78 is 13.1. The van der Waals surface area contributed by atoms with E-state index < -0.39 is 0 Å². The minimum Gasteiger partial charge on any atom is -0.368 e. The first-order valence-electron chi connectivity index (χ1n) is 9.54. The van der Waals surface area contributed by atoms with Gasteiger partial charge in [0.05, 0.1) is 0 Å². The first-order chi connectivity index (χ1) is 13.7. The van der Waals surface area contributed by atoms with Crippen molar-refractivity contribution in [3.05, 3.63) is 60.4 Å². The minimum atomic E-state index is -0.224. The number of hydrogen-bond donors (Lipinski definition) is 2. The summed E-state index contributed by atoms with van der Waals surface area (Å²) in [5.41, 5.74) is 1.78. The van der Waals surface area contributed by atoms with Crippen molar-refractivity contribution in [2.24, 2.45) is 4.99 Å². The van der Waals surface area contributed by atoms with E-state index in [2.05, 4.69) is 25.4 Å². The maximum absolute atomic E-state index is 13.1. The maximum atomic E-state index is 13.1. The van der Waals surface area contributed by atoms with Crippen LogP contribution in [-0.2, 0) is 4.79 Å². The summed E-state index contributed by atoms with van der Waals surface area (Å²) in [6.45, 7) is 5.99. The Bertz CT molecular complexity index is 786. The number of benzene rings is 2. The van der Waals surface area contributed by atoms with Crippen molar-refractivity contribution in [1.82, 2.24) is 10.2 Å². The third-order valence-corrected chi connectivity index (χ3v) is 4.54. The predicted octanol–water partition coefficient (Wildman–Crippen LogP) is 2.55. The van der Waals surface area contributed by atoms with E-state index in [1.54, 1.807) is 12.1 Å². The lowest BCUT2D eigenvalue weighted by molar-refractivity contribution is -0.114. The summed E-state index contributed by atoms with van der Waals surface area (Å²) >= 11 is 0. The molecule has 0 saturated carbocycles. The average molecular weight is 383 g/mol. The Morgan fingerprint density at radius 1 is 1.04 bits per heavy atom. The van der Waals surface area contributed by atoms with Crippen molar-refractivity contribution < 1.29 is 9.18 Å². The number of guanidine groups is 1. The fourth-order valence-electron chi connectivity index (χ4n) is 3.12. The van der Waals surface area contributed by atoms with E-state index in [9.17, 15) is 9.18 Å². The van der Waals surface area contributed by atoms with E-state index in [0.717, 1.165) is 50.1 Å². The summed E-state index contributed by atoms with van der Waals surface area (Å²) in [7, 11) is 0. The molecule has 1 amide bonds. The van der Waals surface area contributed by atoms with Crippen molar-refractivity contribution in [1.29, 1.82) is 0 Å². The van der Waals surface area contributed by atoms with Crippen molar-refractivity contribution in [2.45, 2.75) is 6.92 Å². The number of nitrogens with zero attached hydrogens (tertiary/aromatic N) is 3. The first-order valence-corrected chi connectivity index (χ1v) is 9.54. The summed E-state index contributed by atoms with van der Waals surface area (Å²) in [6, 6.07) is 15.9. The Morgan fingerprint density at radius 2 is 1.71 bits per heavy atom. The number of halogens is 1. The highest BCUT2D eigenvalue weighted by Crippen LogP contribution is 2.17. The zero-order chi connectivity index (χ0) is 19.8. The number of aliphatic imine (C=N–C) groups is 1. The Labute approximate surface area is 165 Å². The lowest BCUT2D eigenvalue weighted by Gasteiger charge is -2.37. The standard InChI is InChI=1S/C21H26FN5O/c1-2-23-21(24-16-20(28)25-18-6-4-3-5-7-18)27-14-12-26(13-15-27)19-10-8-17(22)9-11-19/h3-11H,2,12-16H2,1H3,(H,23,24)(H,25,28). The second kappa shape index (κ2) is 9.73. The van der Waals surface area contributed by atoms with Crippen LogP contribution >= 0.6 is 0 Å². The van der Waals surface area contributed by atoms with Crippen LogP contribution < -0.4 is 15.5 Å².